The van der Waals surface area contributed by atoms with Gasteiger partial charge >= 0.3 is 0 Å². The molecule has 4 nitrogen and oxygen atoms in total. The third kappa shape index (κ3) is 6.04. The summed E-state index contributed by atoms with van der Waals surface area (Å²) >= 11 is 6.68. The monoisotopic (exact) mass is 470 g/mol. The number of hydrogen-bond acceptors (Lipinski definition) is 4. The Labute approximate surface area is 164 Å². The van der Waals surface area contributed by atoms with Crippen molar-refractivity contribution in [3.63, 3.8) is 0 Å². The molecule has 6 heteroatoms. The van der Waals surface area contributed by atoms with Gasteiger partial charge in [-0.2, -0.15) is 0 Å². The summed E-state index contributed by atoms with van der Waals surface area (Å²) in [6.45, 7) is 1.17. The van der Waals surface area contributed by atoms with E-state index in [0.29, 0.717) is 24.5 Å². The number of alkyl halides is 2. The van der Waals surface area contributed by atoms with E-state index in [9.17, 15) is 9.90 Å². The second-order valence-electron chi connectivity index (χ2n) is 5.31. The first-order chi connectivity index (χ1) is 12.2. The third-order valence-corrected chi connectivity index (χ3v) is 4.55. The van der Waals surface area contributed by atoms with E-state index in [1.165, 1.54) is 6.07 Å². The summed E-state index contributed by atoms with van der Waals surface area (Å²) in [7, 11) is 0. The second-order valence-corrected chi connectivity index (χ2v) is 6.90. The van der Waals surface area contributed by atoms with Gasteiger partial charge in [-0.25, -0.2) is 0 Å². The standard InChI is InChI=1S/C19H20Br2O4/c20-9-1-11-24-15-5-3-14(4-6-15)19(23)17-8-7-16(13-18(17)22)25-12-2-10-21/h3-8,13,22H,1-2,9-12H2. The summed E-state index contributed by atoms with van der Waals surface area (Å²) in [6, 6.07) is 11.7. The fourth-order valence-corrected chi connectivity index (χ4v) is 2.60. The normalized spacial score (nSPS) is 10.5. The average Bonchev–Trinajstić information content (AvgIpc) is 2.62. The van der Waals surface area contributed by atoms with Crippen LogP contribution in [0, 0.1) is 0 Å². The minimum absolute atomic E-state index is 0.0843. The van der Waals surface area contributed by atoms with Crippen molar-refractivity contribution in [3.05, 3.63) is 53.6 Å². The quantitative estimate of drug-likeness (QED) is 0.302. The number of carbonyl (C=O) groups is 1. The highest BCUT2D eigenvalue weighted by molar-refractivity contribution is 9.09. The molecule has 0 fully saturated rings. The van der Waals surface area contributed by atoms with Crippen molar-refractivity contribution in [2.24, 2.45) is 0 Å². The predicted octanol–water partition coefficient (Wildman–Crippen LogP) is 4.95. The molecule has 0 radical (unpaired) electrons. The number of hydrogen-bond donors (Lipinski definition) is 1. The van der Waals surface area contributed by atoms with E-state index < -0.39 is 0 Å². The van der Waals surface area contributed by atoms with E-state index in [1.807, 2.05) is 0 Å². The zero-order valence-electron chi connectivity index (χ0n) is 13.7. The highest BCUT2D eigenvalue weighted by atomic mass is 79.9. The van der Waals surface area contributed by atoms with Gasteiger partial charge in [-0.05, 0) is 49.2 Å². The van der Waals surface area contributed by atoms with Crippen molar-refractivity contribution in [2.75, 3.05) is 23.9 Å². The van der Waals surface area contributed by atoms with Crippen LogP contribution < -0.4 is 9.47 Å². The van der Waals surface area contributed by atoms with Gasteiger partial charge in [0, 0.05) is 22.3 Å². The summed E-state index contributed by atoms with van der Waals surface area (Å²) in [4.78, 5) is 12.6. The van der Waals surface area contributed by atoms with Gasteiger partial charge in [0.2, 0.25) is 0 Å². The molecule has 0 aromatic heterocycles. The zero-order valence-corrected chi connectivity index (χ0v) is 16.9. The lowest BCUT2D eigenvalue weighted by Crippen LogP contribution is -2.03. The maximum absolute atomic E-state index is 12.6. The van der Waals surface area contributed by atoms with Crippen LogP contribution in [0.15, 0.2) is 42.5 Å². The van der Waals surface area contributed by atoms with Gasteiger partial charge in [0.15, 0.2) is 5.78 Å². The summed E-state index contributed by atoms with van der Waals surface area (Å²) in [5, 5.41) is 11.9. The summed E-state index contributed by atoms with van der Waals surface area (Å²) < 4.78 is 11.1. The minimum Gasteiger partial charge on any atom is -0.507 e. The fourth-order valence-electron chi connectivity index (χ4n) is 2.14. The van der Waals surface area contributed by atoms with Gasteiger partial charge in [-0.1, -0.05) is 31.9 Å². The van der Waals surface area contributed by atoms with E-state index in [-0.39, 0.29) is 17.1 Å². The van der Waals surface area contributed by atoms with Crippen molar-refractivity contribution in [1.82, 2.24) is 0 Å². The Hall–Kier alpha value is -1.53. The number of benzene rings is 2. The van der Waals surface area contributed by atoms with Crippen LogP contribution in [0.5, 0.6) is 17.2 Å². The third-order valence-electron chi connectivity index (χ3n) is 3.42. The van der Waals surface area contributed by atoms with Gasteiger partial charge < -0.3 is 14.6 Å². The molecule has 0 atom stereocenters. The van der Waals surface area contributed by atoms with Gasteiger partial charge in [0.25, 0.3) is 0 Å². The van der Waals surface area contributed by atoms with Crippen LogP contribution in [-0.2, 0) is 0 Å². The molecular formula is C19H20Br2O4. The Morgan fingerprint density at radius 2 is 1.44 bits per heavy atom. The molecule has 0 aliphatic carbocycles. The number of ether oxygens (including phenoxy) is 2. The van der Waals surface area contributed by atoms with Gasteiger partial charge in [0.05, 0.1) is 18.8 Å². The maximum Gasteiger partial charge on any atom is 0.196 e. The molecule has 0 aliphatic rings. The molecule has 0 bridgehead atoms. The van der Waals surface area contributed by atoms with E-state index >= 15 is 0 Å². The fraction of sp³-hybridized carbons (Fsp3) is 0.316. The maximum atomic E-state index is 12.6. The lowest BCUT2D eigenvalue weighted by Gasteiger charge is -2.09. The highest BCUT2D eigenvalue weighted by Gasteiger charge is 2.14. The van der Waals surface area contributed by atoms with Gasteiger partial charge in [0.1, 0.15) is 17.2 Å². The Morgan fingerprint density at radius 1 is 0.880 bits per heavy atom. The number of phenolic OH excluding ortho intramolecular Hbond substituents is 1. The molecule has 134 valence electrons. The van der Waals surface area contributed by atoms with Crippen LogP contribution in [-0.4, -0.2) is 34.8 Å². The number of phenols is 1. The van der Waals surface area contributed by atoms with Crippen LogP contribution in [0.1, 0.15) is 28.8 Å². The summed E-state index contributed by atoms with van der Waals surface area (Å²) in [6.07, 6.45) is 1.78. The summed E-state index contributed by atoms with van der Waals surface area (Å²) in [5.74, 6) is 0.943. The first-order valence-electron chi connectivity index (χ1n) is 8.01. The van der Waals surface area contributed by atoms with Crippen molar-refractivity contribution in [1.29, 1.82) is 0 Å². The van der Waals surface area contributed by atoms with Crippen molar-refractivity contribution in [3.8, 4) is 17.2 Å². The lowest BCUT2D eigenvalue weighted by atomic mass is 10.0. The van der Waals surface area contributed by atoms with E-state index in [1.54, 1.807) is 36.4 Å². The molecule has 25 heavy (non-hydrogen) atoms. The molecule has 2 aromatic carbocycles. The van der Waals surface area contributed by atoms with Crippen LogP contribution in [0.3, 0.4) is 0 Å². The topological polar surface area (TPSA) is 55.8 Å². The van der Waals surface area contributed by atoms with Crippen molar-refractivity contribution in [2.45, 2.75) is 12.8 Å². The molecule has 0 saturated carbocycles. The number of carbonyl (C=O) groups excluding carboxylic acids is 1. The predicted molar refractivity (Wildman–Crippen MR) is 106 cm³/mol. The van der Waals surface area contributed by atoms with Gasteiger partial charge in [-0.3, -0.25) is 4.79 Å². The van der Waals surface area contributed by atoms with E-state index in [0.717, 1.165) is 29.3 Å². The summed E-state index contributed by atoms with van der Waals surface area (Å²) in [5.41, 5.74) is 0.747. The molecular weight excluding hydrogens is 452 g/mol. The zero-order chi connectivity index (χ0) is 18.1. The Kier molecular flexibility index (Phi) is 8.28. The molecule has 0 amide bonds. The lowest BCUT2D eigenvalue weighted by molar-refractivity contribution is 0.103. The molecule has 0 aliphatic heterocycles. The van der Waals surface area contributed by atoms with E-state index in [2.05, 4.69) is 31.9 Å². The number of ketones is 1. The smallest absolute Gasteiger partial charge is 0.196 e. The second kappa shape index (κ2) is 10.5. The van der Waals surface area contributed by atoms with Crippen molar-refractivity contribution >= 4 is 37.6 Å². The SMILES string of the molecule is O=C(c1ccc(OCCCBr)cc1)c1ccc(OCCCBr)cc1O. The first-order valence-corrected chi connectivity index (χ1v) is 10.3. The molecule has 2 aromatic rings. The van der Waals surface area contributed by atoms with Crippen LogP contribution in [0.2, 0.25) is 0 Å². The highest BCUT2D eigenvalue weighted by Crippen LogP contribution is 2.26. The Morgan fingerprint density at radius 3 is 2.00 bits per heavy atom. The van der Waals surface area contributed by atoms with Crippen LogP contribution >= 0.6 is 31.9 Å². The number of rotatable bonds is 10. The number of aromatic hydroxyl groups is 1. The van der Waals surface area contributed by atoms with Crippen LogP contribution in [0.25, 0.3) is 0 Å². The molecule has 0 spiro atoms. The molecule has 0 unspecified atom stereocenters. The van der Waals surface area contributed by atoms with E-state index in [4.69, 9.17) is 9.47 Å². The molecule has 0 saturated heterocycles. The van der Waals surface area contributed by atoms with Crippen molar-refractivity contribution < 1.29 is 19.4 Å². The largest absolute Gasteiger partial charge is 0.507 e. The minimum atomic E-state index is -0.239. The average molecular weight is 472 g/mol. The van der Waals surface area contributed by atoms with Crippen LogP contribution in [0.4, 0.5) is 0 Å². The molecule has 0 heterocycles. The molecule has 2 rings (SSSR count). The molecule has 1 N–H and O–H groups in total. The Bertz CT molecular complexity index is 686. The van der Waals surface area contributed by atoms with Gasteiger partial charge in [-0.15, -0.1) is 0 Å². The number of halogens is 2. The first kappa shape index (κ1) is 19.8. The Balaban J connectivity index is 2.04.